The maximum atomic E-state index is 13.1. The number of benzene rings is 2. The van der Waals surface area contributed by atoms with Gasteiger partial charge in [0, 0.05) is 18.3 Å². The molecule has 32 heavy (non-hydrogen) atoms. The SMILES string of the molecule is C[C@@H]1CC(C)(C)N(C)c2ccc(/C=C3\C(=O)NC(=O)N(c4ccc(Cl)c(Cl)c4)C3=O)cc21. The molecule has 2 aliphatic rings. The summed E-state index contributed by atoms with van der Waals surface area (Å²) in [6.45, 7) is 6.59. The number of rotatable bonds is 2. The molecule has 166 valence electrons. The Morgan fingerprint density at radius 2 is 1.78 bits per heavy atom. The van der Waals surface area contributed by atoms with Crippen LogP contribution < -0.4 is 15.1 Å². The van der Waals surface area contributed by atoms with Gasteiger partial charge in [0.05, 0.1) is 15.7 Å². The highest BCUT2D eigenvalue weighted by Crippen LogP contribution is 2.42. The first-order valence-corrected chi connectivity index (χ1v) is 11.0. The molecule has 0 unspecified atom stereocenters. The Morgan fingerprint density at radius 1 is 1.06 bits per heavy atom. The lowest BCUT2D eigenvalue weighted by Gasteiger charge is -2.45. The van der Waals surface area contributed by atoms with Gasteiger partial charge in [-0.3, -0.25) is 14.9 Å². The third-order valence-electron chi connectivity index (χ3n) is 6.23. The fourth-order valence-electron chi connectivity index (χ4n) is 4.37. The van der Waals surface area contributed by atoms with Gasteiger partial charge in [-0.1, -0.05) is 36.2 Å². The van der Waals surface area contributed by atoms with Crippen LogP contribution in [0.5, 0.6) is 0 Å². The number of carbonyl (C=O) groups is 3. The smallest absolute Gasteiger partial charge is 0.335 e. The molecule has 0 radical (unpaired) electrons. The van der Waals surface area contributed by atoms with E-state index in [0.717, 1.165) is 22.6 Å². The molecule has 4 amide bonds. The van der Waals surface area contributed by atoms with Gasteiger partial charge in [-0.25, -0.2) is 9.69 Å². The molecule has 1 N–H and O–H groups in total. The van der Waals surface area contributed by atoms with Gasteiger partial charge in [-0.2, -0.15) is 0 Å². The first kappa shape index (κ1) is 22.4. The molecular formula is C24H23Cl2N3O3. The second-order valence-electron chi connectivity index (χ2n) is 8.85. The predicted octanol–water partition coefficient (Wildman–Crippen LogP) is 5.38. The Kier molecular flexibility index (Phi) is 5.55. The number of anilines is 2. The number of hydrogen-bond donors (Lipinski definition) is 1. The van der Waals surface area contributed by atoms with Crippen molar-refractivity contribution in [3.63, 3.8) is 0 Å². The Hall–Kier alpha value is -2.83. The number of halogens is 2. The van der Waals surface area contributed by atoms with Gasteiger partial charge in [-0.05, 0) is 73.7 Å². The van der Waals surface area contributed by atoms with Gasteiger partial charge in [0.25, 0.3) is 11.8 Å². The van der Waals surface area contributed by atoms with Crippen molar-refractivity contribution >= 4 is 58.5 Å². The van der Waals surface area contributed by atoms with Crippen molar-refractivity contribution in [1.82, 2.24) is 5.32 Å². The summed E-state index contributed by atoms with van der Waals surface area (Å²) in [5, 5.41) is 2.72. The normalized spacial score (nSPS) is 21.6. The van der Waals surface area contributed by atoms with Crippen molar-refractivity contribution in [3.8, 4) is 0 Å². The topological polar surface area (TPSA) is 69.7 Å². The molecule has 1 atom stereocenters. The van der Waals surface area contributed by atoms with Crippen LogP contribution in [0.3, 0.4) is 0 Å². The Bertz CT molecular complexity index is 1190. The zero-order valence-electron chi connectivity index (χ0n) is 18.2. The maximum absolute atomic E-state index is 13.1. The summed E-state index contributed by atoms with van der Waals surface area (Å²) in [5.74, 6) is -1.14. The van der Waals surface area contributed by atoms with Gasteiger partial charge in [0.2, 0.25) is 0 Å². The van der Waals surface area contributed by atoms with Crippen LogP contribution in [0.15, 0.2) is 42.0 Å². The average molecular weight is 472 g/mol. The third kappa shape index (κ3) is 3.78. The van der Waals surface area contributed by atoms with Crippen LogP contribution >= 0.6 is 23.2 Å². The minimum absolute atomic E-state index is 0.0341. The van der Waals surface area contributed by atoms with Crippen LogP contribution in [0.2, 0.25) is 10.0 Å². The monoisotopic (exact) mass is 471 g/mol. The van der Waals surface area contributed by atoms with E-state index >= 15 is 0 Å². The fourth-order valence-corrected chi connectivity index (χ4v) is 4.66. The minimum Gasteiger partial charge on any atom is -0.369 e. The van der Waals surface area contributed by atoms with Crippen LogP contribution in [0, 0.1) is 0 Å². The lowest BCUT2D eigenvalue weighted by molar-refractivity contribution is -0.122. The molecule has 1 saturated heterocycles. The van der Waals surface area contributed by atoms with E-state index in [1.807, 2.05) is 18.2 Å². The number of hydrogen-bond acceptors (Lipinski definition) is 4. The van der Waals surface area contributed by atoms with Crippen molar-refractivity contribution in [1.29, 1.82) is 0 Å². The van der Waals surface area contributed by atoms with E-state index < -0.39 is 17.8 Å². The summed E-state index contributed by atoms with van der Waals surface area (Å²) in [6.07, 6.45) is 2.50. The number of nitrogens with zero attached hydrogens (tertiary/aromatic N) is 2. The summed E-state index contributed by atoms with van der Waals surface area (Å²) in [5.41, 5.74) is 3.12. The zero-order chi connectivity index (χ0) is 23.4. The number of nitrogens with one attached hydrogen (secondary N) is 1. The summed E-state index contributed by atoms with van der Waals surface area (Å²) < 4.78 is 0. The fraction of sp³-hybridized carbons (Fsp3) is 0.292. The van der Waals surface area contributed by atoms with Crippen LogP contribution in [-0.4, -0.2) is 30.4 Å². The highest BCUT2D eigenvalue weighted by atomic mass is 35.5. The quantitative estimate of drug-likeness (QED) is 0.471. The second-order valence-corrected chi connectivity index (χ2v) is 9.67. The van der Waals surface area contributed by atoms with E-state index in [0.29, 0.717) is 16.5 Å². The molecule has 2 aliphatic heterocycles. The van der Waals surface area contributed by atoms with Crippen molar-refractivity contribution in [2.24, 2.45) is 0 Å². The molecule has 6 nitrogen and oxygen atoms in total. The number of fused-ring (bicyclic) bond motifs is 1. The van der Waals surface area contributed by atoms with E-state index in [1.54, 1.807) is 0 Å². The van der Waals surface area contributed by atoms with Crippen molar-refractivity contribution < 1.29 is 14.4 Å². The van der Waals surface area contributed by atoms with Gasteiger partial charge in [0.1, 0.15) is 5.57 Å². The molecule has 2 aromatic carbocycles. The van der Waals surface area contributed by atoms with Crippen LogP contribution in [-0.2, 0) is 9.59 Å². The highest BCUT2D eigenvalue weighted by molar-refractivity contribution is 6.43. The number of imide groups is 2. The average Bonchev–Trinajstić information content (AvgIpc) is 2.71. The minimum atomic E-state index is -0.835. The molecular weight excluding hydrogens is 449 g/mol. The zero-order valence-corrected chi connectivity index (χ0v) is 19.7. The van der Waals surface area contributed by atoms with Crippen molar-refractivity contribution in [3.05, 3.63) is 63.1 Å². The van der Waals surface area contributed by atoms with Crippen LogP contribution in [0.1, 0.15) is 44.2 Å². The third-order valence-corrected chi connectivity index (χ3v) is 6.97. The van der Waals surface area contributed by atoms with E-state index in [-0.39, 0.29) is 21.8 Å². The summed E-state index contributed by atoms with van der Waals surface area (Å²) in [6, 6.07) is 9.44. The van der Waals surface area contributed by atoms with Gasteiger partial charge >= 0.3 is 6.03 Å². The highest BCUT2D eigenvalue weighted by Gasteiger charge is 2.37. The van der Waals surface area contributed by atoms with E-state index in [9.17, 15) is 14.4 Å². The Morgan fingerprint density at radius 3 is 2.47 bits per heavy atom. The van der Waals surface area contributed by atoms with E-state index in [1.165, 1.54) is 24.3 Å². The largest absolute Gasteiger partial charge is 0.369 e. The first-order chi connectivity index (χ1) is 15.0. The maximum Gasteiger partial charge on any atom is 0.335 e. The summed E-state index contributed by atoms with van der Waals surface area (Å²) in [7, 11) is 2.07. The van der Waals surface area contributed by atoms with Crippen LogP contribution in [0.4, 0.5) is 16.2 Å². The van der Waals surface area contributed by atoms with Gasteiger partial charge in [0.15, 0.2) is 0 Å². The molecule has 0 aliphatic carbocycles. The first-order valence-electron chi connectivity index (χ1n) is 10.2. The molecule has 8 heteroatoms. The molecule has 0 bridgehead atoms. The standard InChI is InChI=1S/C24H23Cl2N3O3/c1-13-12-24(2,3)28(4)20-8-5-14(9-16(13)20)10-17-21(30)27-23(32)29(22(17)31)15-6-7-18(25)19(26)11-15/h5-11,13H,12H2,1-4H3,(H,27,30,32)/b17-10+/t13-/m1/s1. The molecule has 0 saturated carbocycles. The second kappa shape index (κ2) is 7.94. The molecule has 1 fully saturated rings. The Balaban J connectivity index is 1.73. The van der Waals surface area contributed by atoms with E-state index in [2.05, 4.69) is 38.0 Å². The lowest BCUT2D eigenvalue weighted by Crippen LogP contribution is -2.54. The van der Waals surface area contributed by atoms with Crippen molar-refractivity contribution in [2.45, 2.75) is 38.6 Å². The summed E-state index contributed by atoms with van der Waals surface area (Å²) >= 11 is 12.0. The van der Waals surface area contributed by atoms with Crippen LogP contribution in [0.25, 0.3) is 6.08 Å². The number of barbiturate groups is 1. The summed E-state index contributed by atoms with van der Waals surface area (Å²) in [4.78, 5) is 41.2. The van der Waals surface area contributed by atoms with E-state index in [4.69, 9.17) is 23.2 Å². The van der Waals surface area contributed by atoms with Gasteiger partial charge in [-0.15, -0.1) is 0 Å². The molecule has 2 aromatic rings. The number of urea groups is 1. The molecule has 0 aromatic heterocycles. The molecule has 4 rings (SSSR count). The predicted molar refractivity (Wildman–Crippen MR) is 127 cm³/mol. The lowest BCUT2D eigenvalue weighted by atomic mass is 9.80. The molecule has 0 spiro atoms. The number of amides is 4. The van der Waals surface area contributed by atoms with Gasteiger partial charge < -0.3 is 4.90 Å². The Labute approximate surface area is 196 Å². The molecule has 2 heterocycles. The number of carbonyl (C=O) groups excluding carboxylic acids is 3. The van der Waals surface area contributed by atoms with Crippen molar-refractivity contribution in [2.75, 3.05) is 16.8 Å².